The van der Waals surface area contributed by atoms with Gasteiger partial charge in [0.05, 0.1) is 35.8 Å². The van der Waals surface area contributed by atoms with Crippen LogP contribution in [0.25, 0.3) is 5.69 Å². The summed E-state index contributed by atoms with van der Waals surface area (Å²) in [5, 5.41) is 4.63. The van der Waals surface area contributed by atoms with Crippen LogP contribution in [0.2, 0.25) is 0 Å². The Kier molecular flexibility index (Phi) is 7.81. The lowest BCUT2D eigenvalue weighted by molar-refractivity contribution is -0.137. The highest BCUT2D eigenvalue weighted by Crippen LogP contribution is 2.29. The second kappa shape index (κ2) is 10.7. The van der Waals surface area contributed by atoms with Crippen molar-refractivity contribution in [1.29, 1.82) is 0 Å². The first-order chi connectivity index (χ1) is 15.4. The molecule has 0 aliphatic heterocycles. The van der Waals surface area contributed by atoms with Gasteiger partial charge in [-0.05, 0) is 30.2 Å². The second-order valence-corrected chi connectivity index (χ2v) is 7.24. The van der Waals surface area contributed by atoms with Crippen molar-refractivity contribution in [2.24, 2.45) is 4.99 Å². The molecule has 32 heavy (non-hydrogen) atoms. The van der Waals surface area contributed by atoms with Crippen molar-refractivity contribution < 1.29 is 22.7 Å². The standard InChI is InChI=1S/C24H24F3N3O2/c1-2-3-7-13-32-23-16-20(17-28-30(23)21-11-5-4-6-12-21)29-22(31)15-18-9-8-10-19(14-18)24(25,26)27/h4-6,8-12,14,16-17H,2-3,7,13,15H2,1H3/b29-20-. The summed E-state index contributed by atoms with van der Waals surface area (Å²) in [6, 6.07) is 15.7. The van der Waals surface area contributed by atoms with Crippen molar-refractivity contribution in [1.82, 2.24) is 9.78 Å². The van der Waals surface area contributed by atoms with Crippen molar-refractivity contribution in [3.63, 3.8) is 0 Å². The third-order valence-corrected chi connectivity index (χ3v) is 4.65. The summed E-state index contributed by atoms with van der Waals surface area (Å²) in [7, 11) is 0. The molecule has 1 heterocycles. The Morgan fingerprint density at radius 2 is 1.84 bits per heavy atom. The minimum absolute atomic E-state index is 0.243. The highest BCUT2D eigenvalue weighted by atomic mass is 19.4. The first kappa shape index (κ1) is 23.2. The highest BCUT2D eigenvalue weighted by molar-refractivity contribution is 5.79. The molecular weight excluding hydrogens is 419 g/mol. The summed E-state index contributed by atoms with van der Waals surface area (Å²) in [4.78, 5) is 16.4. The Labute approximate surface area is 184 Å². The third kappa shape index (κ3) is 6.54. The summed E-state index contributed by atoms with van der Waals surface area (Å²) in [6.45, 7) is 2.59. The van der Waals surface area contributed by atoms with Gasteiger partial charge in [-0.2, -0.15) is 18.3 Å². The van der Waals surface area contributed by atoms with E-state index in [0.717, 1.165) is 37.1 Å². The summed E-state index contributed by atoms with van der Waals surface area (Å²) in [5.41, 5.74) is 0.239. The van der Waals surface area contributed by atoms with Gasteiger partial charge in [-0.15, -0.1) is 0 Å². The molecule has 1 aromatic heterocycles. The van der Waals surface area contributed by atoms with E-state index in [-0.39, 0.29) is 17.3 Å². The summed E-state index contributed by atoms with van der Waals surface area (Å²) >= 11 is 0. The average molecular weight is 443 g/mol. The maximum atomic E-state index is 12.9. The van der Waals surface area contributed by atoms with Gasteiger partial charge in [-0.1, -0.05) is 56.2 Å². The fourth-order valence-electron chi connectivity index (χ4n) is 3.07. The smallest absolute Gasteiger partial charge is 0.416 e. The van der Waals surface area contributed by atoms with Gasteiger partial charge in [0.15, 0.2) is 0 Å². The van der Waals surface area contributed by atoms with Crippen LogP contribution in [-0.2, 0) is 17.4 Å². The molecular formula is C24H24F3N3O2. The van der Waals surface area contributed by atoms with Crippen molar-refractivity contribution >= 4 is 5.91 Å². The van der Waals surface area contributed by atoms with E-state index in [0.29, 0.717) is 12.5 Å². The fourth-order valence-corrected chi connectivity index (χ4v) is 3.07. The van der Waals surface area contributed by atoms with Gasteiger partial charge >= 0.3 is 6.18 Å². The number of ether oxygens (including phenoxy) is 1. The van der Waals surface area contributed by atoms with Crippen LogP contribution in [-0.4, -0.2) is 22.3 Å². The van der Waals surface area contributed by atoms with E-state index >= 15 is 0 Å². The Hall–Kier alpha value is -3.42. The number of rotatable bonds is 8. The van der Waals surface area contributed by atoms with Crippen molar-refractivity contribution in [3.8, 4) is 11.6 Å². The van der Waals surface area contributed by atoms with E-state index < -0.39 is 17.6 Å². The molecule has 0 N–H and O–H groups in total. The largest absolute Gasteiger partial charge is 0.478 e. The lowest BCUT2D eigenvalue weighted by atomic mass is 10.1. The van der Waals surface area contributed by atoms with Crippen molar-refractivity contribution in [2.45, 2.75) is 38.8 Å². The number of alkyl halides is 3. The zero-order chi connectivity index (χ0) is 23.0. The van der Waals surface area contributed by atoms with Crippen LogP contribution in [0.5, 0.6) is 5.88 Å². The fraction of sp³-hybridized carbons (Fsp3) is 0.292. The third-order valence-electron chi connectivity index (χ3n) is 4.65. The Morgan fingerprint density at radius 3 is 2.56 bits per heavy atom. The van der Waals surface area contributed by atoms with E-state index in [1.807, 2.05) is 30.3 Å². The number of hydrogen-bond donors (Lipinski definition) is 0. The highest BCUT2D eigenvalue weighted by Gasteiger charge is 2.30. The van der Waals surface area contributed by atoms with Gasteiger partial charge in [0.1, 0.15) is 0 Å². The maximum absolute atomic E-state index is 12.9. The van der Waals surface area contributed by atoms with Crippen molar-refractivity contribution in [3.05, 3.63) is 83.3 Å². The molecule has 0 spiro atoms. The second-order valence-electron chi connectivity index (χ2n) is 7.24. The zero-order valence-electron chi connectivity index (χ0n) is 17.7. The van der Waals surface area contributed by atoms with Crippen LogP contribution in [0, 0.1) is 0 Å². The van der Waals surface area contributed by atoms with Crippen molar-refractivity contribution in [2.75, 3.05) is 6.61 Å². The molecule has 0 atom stereocenters. The van der Waals surface area contributed by atoms with Crippen LogP contribution >= 0.6 is 0 Å². The number of aromatic nitrogens is 2. The number of hydrogen-bond acceptors (Lipinski definition) is 3. The van der Waals surface area contributed by atoms with E-state index in [9.17, 15) is 18.0 Å². The van der Waals surface area contributed by atoms with E-state index in [1.165, 1.54) is 18.3 Å². The number of halogens is 3. The maximum Gasteiger partial charge on any atom is 0.416 e. The average Bonchev–Trinajstić information content (AvgIpc) is 2.77. The number of nitrogens with zero attached hydrogens (tertiary/aromatic N) is 3. The van der Waals surface area contributed by atoms with Crippen LogP contribution in [0.15, 0.2) is 71.9 Å². The Bertz CT molecular complexity index is 1110. The number of benzene rings is 2. The predicted octanol–water partition coefficient (Wildman–Crippen LogP) is 5.13. The molecule has 0 radical (unpaired) electrons. The number of para-hydroxylation sites is 1. The van der Waals surface area contributed by atoms with Gasteiger partial charge in [0.25, 0.3) is 5.91 Å². The number of carbonyl (C=O) groups is 1. The molecule has 0 bridgehead atoms. The molecule has 3 rings (SSSR count). The zero-order valence-corrected chi connectivity index (χ0v) is 17.7. The van der Waals surface area contributed by atoms with Gasteiger partial charge in [0.2, 0.25) is 5.88 Å². The Balaban J connectivity index is 1.84. The lowest BCUT2D eigenvalue weighted by Gasteiger charge is -2.13. The van der Waals surface area contributed by atoms with Crippen LogP contribution < -0.4 is 10.1 Å². The molecule has 2 aromatic carbocycles. The SMILES string of the molecule is CCCCCOc1c/c(=N/C(=O)Cc2cccc(C(F)(F)F)c2)cnn1-c1ccccc1. The van der Waals surface area contributed by atoms with Gasteiger partial charge < -0.3 is 4.74 Å². The predicted molar refractivity (Wildman–Crippen MR) is 114 cm³/mol. The van der Waals surface area contributed by atoms with Gasteiger partial charge in [-0.3, -0.25) is 4.79 Å². The molecule has 3 aromatic rings. The number of carbonyl (C=O) groups excluding carboxylic acids is 1. The topological polar surface area (TPSA) is 56.5 Å². The molecule has 168 valence electrons. The number of unbranched alkanes of at least 4 members (excludes halogenated alkanes) is 2. The normalized spacial score (nSPS) is 12.1. The van der Waals surface area contributed by atoms with E-state index in [2.05, 4.69) is 17.0 Å². The molecule has 8 heteroatoms. The van der Waals surface area contributed by atoms with Crippen LogP contribution in [0.3, 0.4) is 0 Å². The molecule has 0 saturated heterocycles. The van der Waals surface area contributed by atoms with E-state index in [4.69, 9.17) is 4.74 Å². The van der Waals surface area contributed by atoms with Crippen LogP contribution in [0.1, 0.15) is 37.3 Å². The quantitative estimate of drug-likeness (QED) is 0.454. The first-order valence-electron chi connectivity index (χ1n) is 10.4. The lowest BCUT2D eigenvalue weighted by Crippen LogP contribution is -2.16. The number of amides is 1. The molecule has 0 aliphatic rings. The molecule has 0 saturated carbocycles. The molecule has 0 unspecified atom stereocenters. The summed E-state index contributed by atoms with van der Waals surface area (Å²) in [6.07, 6.45) is -0.325. The van der Waals surface area contributed by atoms with Gasteiger partial charge in [0, 0.05) is 6.07 Å². The molecule has 1 amide bonds. The molecule has 0 fully saturated rings. The minimum atomic E-state index is -4.46. The first-order valence-corrected chi connectivity index (χ1v) is 10.4. The van der Waals surface area contributed by atoms with Gasteiger partial charge in [-0.25, -0.2) is 9.67 Å². The monoisotopic (exact) mass is 443 g/mol. The molecule has 5 nitrogen and oxygen atoms in total. The Morgan fingerprint density at radius 1 is 1.06 bits per heavy atom. The minimum Gasteiger partial charge on any atom is -0.478 e. The molecule has 0 aliphatic carbocycles. The van der Waals surface area contributed by atoms with E-state index in [1.54, 1.807) is 10.7 Å². The summed E-state index contributed by atoms with van der Waals surface area (Å²) < 4.78 is 46.2. The van der Waals surface area contributed by atoms with Crippen LogP contribution in [0.4, 0.5) is 13.2 Å². The summed E-state index contributed by atoms with van der Waals surface area (Å²) in [5.74, 6) is -0.138.